The zero-order chi connectivity index (χ0) is 21.8. The Labute approximate surface area is 173 Å². The van der Waals surface area contributed by atoms with Crippen LogP contribution in [0.15, 0.2) is 41.3 Å². The number of ether oxygens (including phenoxy) is 1. The standard InChI is InChI=1S/C19H21ClN2O6S/c1-11(2)21-19(25)13-4-6-15(20)16(9-13)22-29(26,27)14-5-7-17(12(3)8-14)28-10-18(23)24/h4-9,11,22H,10H2,1-3H3,(H,21,25)(H,23,24). The van der Waals surface area contributed by atoms with Crippen LogP contribution in [0.5, 0.6) is 5.75 Å². The highest BCUT2D eigenvalue weighted by molar-refractivity contribution is 7.92. The lowest BCUT2D eigenvalue weighted by Crippen LogP contribution is -2.30. The van der Waals surface area contributed by atoms with E-state index in [2.05, 4.69) is 10.0 Å². The Morgan fingerprint density at radius 3 is 2.45 bits per heavy atom. The van der Waals surface area contributed by atoms with Crippen LogP contribution in [0.2, 0.25) is 5.02 Å². The lowest BCUT2D eigenvalue weighted by Gasteiger charge is -2.14. The fourth-order valence-corrected chi connectivity index (χ4v) is 3.76. The van der Waals surface area contributed by atoms with Crippen LogP contribution in [0, 0.1) is 6.92 Å². The predicted molar refractivity (Wildman–Crippen MR) is 109 cm³/mol. The maximum Gasteiger partial charge on any atom is 0.341 e. The summed E-state index contributed by atoms with van der Waals surface area (Å²) < 4.78 is 32.9. The molecule has 0 unspecified atom stereocenters. The molecule has 156 valence electrons. The molecule has 0 saturated carbocycles. The summed E-state index contributed by atoms with van der Waals surface area (Å²) in [7, 11) is -4.01. The van der Waals surface area contributed by atoms with Crippen molar-refractivity contribution in [3.63, 3.8) is 0 Å². The molecule has 2 aromatic carbocycles. The van der Waals surface area contributed by atoms with Crippen molar-refractivity contribution in [2.75, 3.05) is 11.3 Å². The van der Waals surface area contributed by atoms with Crippen molar-refractivity contribution in [1.29, 1.82) is 0 Å². The second kappa shape index (κ2) is 9.15. The molecule has 0 bridgehead atoms. The molecule has 0 spiro atoms. The second-order valence-electron chi connectivity index (χ2n) is 6.54. The number of amides is 1. The first-order valence-corrected chi connectivity index (χ1v) is 10.4. The number of nitrogens with one attached hydrogen (secondary N) is 2. The van der Waals surface area contributed by atoms with E-state index in [1.165, 1.54) is 36.4 Å². The van der Waals surface area contributed by atoms with Crippen LogP contribution in [0.4, 0.5) is 5.69 Å². The molecule has 0 radical (unpaired) electrons. The quantitative estimate of drug-likeness (QED) is 0.580. The highest BCUT2D eigenvalue weighted by Crippen LogP contribution is 2.28. The summed E-state index contributed by atoms with van der Waals surface area (Å²) >= 11 is 6.09. The van der Waals surface area contributed by atoms with Gasteiger partial charge in [-0.05, 0) is 62.7 Å². The van der Waals surface area contributed by atoms with Crippen LogP contribution >= 0.6 is 11.6 Å². The molecule has 3 N–H and O–H groups in total. The van der Waals surface area contributed by atoms with E-state index in [9.17, 15) is 18.0 Å². The Balaban J connectivity index is 2.28. The van der Waals surface area contributed by atoms with E-state index >= 15 is 0 Å². The van der Waals surface area contributed by atoms with Gasteiger partial charge in [0.1, 0.15) is 5.75 Å². The zero-order valence-corrected chi connectivity index (χ0v) is 17.6. The summed E-state index contributed by atoms with van der Waals surface area (Å²) in [4.78, 5) is 22.7. The second-order valence-corrected chi connectivity index (χ2v) is 8.63. The molecule has 0 heterocycles. The molecule has 1 amide bonds. The van der Waals surface area contributed by atoms with Crippen molar-refractivity contribution >= 4 is 39.2 Å². The summed E-state index contributed by atoms with van der Waals surface area (Å²) in [6, 6.07) is 8.22. The smallest absolute Gasteiger partial charge is 0.341 e. The first-order valence-electron chi connectivity index (χ1n) is 8.58. The Morgan fingerprint density at radius 1 is 1.17 bits per heavy atom. The summed E-state index contributed by atoms with van der Waals surface area (Å²) in [6.45, 7) is 4.68. The van der Waals surface area contributed by atoms with Crippen molar-refractivity contribution in [2.24, 2.45) is 0 Å². The first kappa shape index (κ1) is 22.5. The largest absolute Gasteiger partial charge is 0.482 e. The maximum atomic E-state index is 12.7. The van der Waals surface area contributed by atoms with Gasteiger partial charge in [-0.2, -0.15) is 0 Å². The van der Waals surface area contributed by atoms with Crippen LogP contribution in [-0.4, -0.2) is 38.0 Å². The molecule has 0 saturated heterocycles. The molecule has 10 heteroatoms. The van der Waals surface area contributed by atoms with Gasteiger partial charge in [-0.1, -0.05) is 11.6 Å². The third-order valence-electron chi connectivity index (χ3n) is 3.70. The van der Waals surface area contributed by atoms with E-state index < -0.39 is 22.6 Å². The molecule has 0 aliphatic carbocycles. The van der Waals surface area contributed by atoms with E-state index in [-0.39, 0.29) is 38.9 Å². The van der Waals surface area contributed by atoms with Crippen LogP contribution in [-0.2, 0) is 14.8 Å². The SMILES string of the molecule is Cc1cc(S(=O)(=O)Nc2cc(C(=O)NC(C)C)ccc2Cl)ccc1OCC(=O)O. The molecule has 0 atom stereocenters. The number of benzene rings is 2. The molecule has 0 aliphatic rings. The van der Waals surface area contributed by atoms with E-state index in [1.807, 2.05) is 13.8 Å². The molecular weight excluding hydrogens is 420 g/mol. The van der Waals surface area contributed by atoms with Gasteiger partial charge in [0.25, 0.3) is 15.9 Å². The summed E-state index contributed by atoms with van der Waals surface area (Å²) in [5.74, 6) is -1.23. The van der Waals surface area contributed by atoms with Crippen molar-refractivity contribution in [3.8, 4) is 5.75 Å². The van der Waals surface area contributed by atoms with Gasteiger partial charge in [-0.3, -0.25) is 9.52 Å². The number of rotatable bonds is 8. The third-order valence-corrected chi connectivity index (χ3v) is 5.39. The Morgan fingerprint density at radius 2 is 1.86 bits per heavy atom. The van der Waals surface area contributed by atoms with E-state index in [0.29, 0.717) is 5.56 Å². The van der Waals surface area contributed by atoms with Gasteiger partial charge < -0.3 is 15.2 Å². The predicted octanol–water partition coefficient (Wildman–Crippen LogP) is 3.05. The molecule has 2 aromatic rings. The lowest BCUT2D eigenvalue weighted by atomic mass is 10.2. The number of anilines is 1. The monoisotopic (exact) mass is 440 g/mol. The van der Waals surface area contributed by atoms with Gasteiger partial charge in [0.05, 0.1) is 15.6 Å². The number of aliphatic carboxylic acids is 1. The van der Waals surface area contributed by atoms with Crippen LogP contribution in [0.3, 0.4) is 0 Å². The zero-order valence-electron chi connectivity index (χ0n) is 16.0. The van der Waals surface area contributed by atoms with Gasteiger partial charge in [0.15, 0.2) is 6.61 Å². The fourth-order valence-electron chi connectivity index (χ4n) is 2.38. The molecule has 0 fully saturated rings. The van der Waals surface area contributed by atoms with Gasteiger partial charge in [0, 0.05) is 11.6 Å². The average Bonchev–Trinajstić information content (AvgIpc) is 2.61. The molecular formula is C19H21ClN2O6S. The third kappa shape index (κ3) is 6.10. The van der Waals surface area contributed by atoms with Gasteiger partial charge in [-0.25, -0.2) is 13.2 Å². The number of carbonyl (C=O) groups is 2. The normalized spacial score (nSPS) is 11.2. The van der Waals surface area contributed by atoms with E-state index in [0.717, 1.165) is 0 Å². The minimum atomic E-state index is -4.01. The number of carbonyl (C=O) groups excluding carboxylic acids is 1. The van der Waals surface area contributed by atoms with Crippen LogP contribution in [0.25, 0.3) is 0 Å². The van der Waals surface area contributed by atoms with Gasteiger partial charge >= 0.3 is 5.97 Å². The molecule has 2 rings (SSSR count). The fraction of sp³-hybridized carbons (Fsp3) is 0.263. The lowest BCUT2D eigenvalue weighted by molar-refractivity contribution is -0.139. The minimum Gasteiger partial charge on any atom is -0.482 e. The Kier molecular flexibility index (Phi) is 7.10. The molecule has 8 nitrogen and oxygen atoms in total. The van der Waals surface area contributed by atoms with E-state index in [1.54, 1.807) is 6.92 Å². The summed E-state index contributed by atoms with van der Waals surface area (Å²) in [5, 5.41) is 11.5. The highest BCUT2D eigenvalue weighted by Gasteiger charge is 2.19. The number of aryl methyl sites for hydroxylation is 1. The summed E-state index contributed by atoms with van der Waals surface area (Å²) in [5.41, 5.74) is 0.770. The van der Waals surface area contributed by atoms with E-state index in [4.69, 9.17) is 21.4 Å². The van der Waals surface area contributed by atoms with Gasteiger partial charge in [-0.15, -0.1) is 0 Å². The Bertz CT molecular complexity index is 1040. The molecule has 29 heavy (non-hydrogen) atoms. The average molecular weight is 441 g/mol. The Hall–Kier alpha value is -2.78. The number of halogens is 1. The number of sulfonamides is 1. The highest BCUT2D eigenvalue weighted by atomic mass is 35.5. The molecule has 0 aromatic heterocycles. The topological polar surface area (TPSA) is 122 Å². The van der Waals surface area contributed by atoms with Gasteiger partial charge in [0.2, 0.25) is 0 Å². The number of hydrogen-bond donors (Lipinski definition) is 3. The van der Waals surface area contributed by atoms with Crippen molar-refractivity contribution in [3.05, 3.63) is 52.5 Å². The maximum absolute atomic E-state index is 12.7. The minimum absolute atomic E-state index is 0.0620. The first-order chi connectivity index (χ1) is 13.5. The van der Waals surface area contributed by atoms with Crippen LogP contribution in [0.1, 0.15) is 29.8 Å². The van der Waals surface area contributed by atoms with Crippen LogP contribution < -0.4 is 14.8 Å². The van der Waals surface area contributed by atoms with Crippen molar-refractivity contribution in [1.82, 2.24) is 5.32 Å². The molecule has 0 aliphatic heterocycles. The summed E-state index contributed by atoms with van der Waals surface area (Å²) in [6.07, 6.45) is 0. The van der Waals surface area contributed by atoms with Crippen molar-refractivity contribution in [2.45, 2.75) is 31.7 Å². The number of hydrogen-bond acceptors (Lipinski definition) is 5. The number of carboxylic acids is 1. The van der Waals surface area contributed by atoms with Crippen molar-refractivity contribution < 1.29 is 27.9 Å². The number of carboxylic acid groups (broad SMARTS) is 1.